The molecule has 0 aliphatic heterocycles. The summed E-state index contributed by atoms with van der Waals surface area (Å²) in [4.78, 5) is 11.4. The Morgan fingerprint density at radius 2 is 1.95 bits per heavy atom. The van der Waals surface area contributed by atoms with Crippen LogP contribution >= 0.6 is 0 Å². The second-order valence-corrected chi connectivity index (χ2v) is 4.03. The number of carbonyl (C=O) groups is 1. The first-order valence-corrected chi connectivity index (χ1v) is 5.35. The molecule has 1 rings (SSSR count). The summed E-state index contributed by atoms with van der Waals surface area (Å²) in [5, 5.41) is 9.10. The minimum Gasteiger partial charge on any atom is -0.508 e. The van der Waals surface area contributed by atoms with Crippen LogP contribution in [0.5, 0.6) is 5.75 Å². The van der Waals surface area contributed by atoms with Crippen LogP contribution < -0.4 is 0 Å². The summed E-state index contributed by atoms with van der Waals surface area (Å²) in [7, 11) is 0. The lowest BCUT2D eigenvalue weighted by Gasteiger charge is -2.22. The molecular weight excluding hydrogens is 268 g/mol. The molecule has 3 nitrogen and oxygen atoms in total. The third-order valence-electron chi connectivity index (χ3n) is 2.37. The number of esters is 1. The van der Waals surface area contributed by atoms with Crippen molar-refractivity contribution in [2.75, 3.05) is 6.61 Å². The summed E-state index contributed by atoms with van der Waals surface area (Å²) >= 11 is 0. The van der Waals surface area contributed by atoms with Gasteiger partial charge in [-0.1, -0.05) is 6.07 Å². The summed E-state index contributed by atoms with van der Waals surface area (Å²) in [5.41, 5.74) is -0.0495. The second-order valence-electron chi connectivity index (χ2n) is 4.03. The van der Waals surface area contributed by atoms with Gasteiger partial charge in [0, 0.05) is 6.92 Å². The lowest BCUT2D eigenvalue weighted by molar-refractivity contribution is -0.204. The Morgan fingerprint density at radius 3 is 2.47 bits per heavy atom. The van der Waals surface area contributed by atoms with Crippen molar-refractivity contribution in [2.45, 2.75) is 25.2 Å². The Labute approximate surface area is 106 Å². The predicted octanol–water partition coefficient (Wildman–Crippen LogP) is 3.23. The molecule has 0 fully saturated rings. The van der Waals surface area contributed by atoms with Gasteiger partial charge in [-0.15, -0.1) is 0 Å². The molecule has 1 aromatic rings. The Hall–Kier alpha value is -1.79. The van der Waals surface area contributed by atoms with Crippen LogP contribution in [0.15, 0.2) is 24.3 Å². The molecule has 0 saturated heterocycles. The van der Waals surface area contributed by atoms with Crippen LogP contribution in [-0.4, -0.2) is 29.5 Å². The van der Waals surface area contributed by atoms with Crippen LogP contribution in [0.1, 0.15) is 23.7 Å². The average molecular weight is 280 g/mol. The van der Waals surface area contributed by atoms with Crippen LogP contribution in [0.3, 0.4) is 0 Å². The van der Waals surface area contributed by atoms with Gasteiger partial charge in [-0.2, -0.15) is 8.78 Å². The summed E-state index contributed by atoms with van der Waals surface area (Å²) in [5.74, 6) is -9.58. The van der Waals surface area contributed by atoms with Gasteiger partial charge in [0.15, 0.2) is 0 Å². The maximum Gasteiger partial charge on any atom is 0.338 e. The van der Waals surface area contributed by atoms with Gasteiger partial charge in [0.25, 0.3) is 0 Å². The number of phenols is 1. The van der Waals surface area contributed by atoms with E-state index < -0.39 is 30.8 Å². The van der Waals surface area contributed by atoms with Crippen LogP contribution in [-0.2, 0) is 4.74 Å². The molecule has 19 heavy (non-hydrogen) atoms. The van der Waals surface area contributed by atoms with E-state index in [1.165, 1.54) is 18.2 Å². The molecule has 0 bridgehead atoms. The predicted molar refractivity (Wildman–Crippen MR) is 58.6 cm³/mol. The Kier molecular flexibility index (Phi) is 4.39. The lowest BCUT2D eigenvalue weighted by Crippen LogP contribution is -2.38. The first-order valence-electron chi connectivity index (χ1n) is 5.35. The van der Waals surface area contributed by atoms with E-state index in [-0.39, 0.29) is 18.2 Å². The van der Waals surface area contributed by atoms with E-state index in [2.05, 4.69) is 4.74 Å². The van der Waals surface area contributed by atoms with E-state index in [1.54, 1.807) is 0 Å². The van der Waals surface area contributed by atoms with Gasteiger partial charge in [-0.25, -0.2) is 13.6 Å². The standard InChI is InChI=1S/C12H12F4O3/c1-11(13,14)12(15,16)5-6-19-10(18)8-3-2-4-9(17)7-8/h2-4,7,17H,5-6H2,1H3. The molecule has 0 unspecified atom stereocenters. The smallest absolute Gasteiger partial charge is 0.338 e. The van der Waals surface area contributed by atoms with Crippen LogP contribution in [0.2, 0.25) is 0 Å². The minimum atomic E-state index is -4.24. The zero-order chi connectivity index (χ0) is 14.7. The lowest BCUT2D eigenvalue weighted by atomic mass is 10.1. The van der Waals surface area contributed by atoms with E-state index in [0.717, 1.165) is 6.07 Å². The van der Waals surface area contributed by atoms with Crippen molar-refractivity contribution in [3.63, 3.8) is 0 Å². The van der Waals surface area contributed by atoms with Crippen molar-refractivity contribution in [3.05, 3.63) is 29.8 Å². The molecule has 0 heterocycles. The van der Waals surface area contributed by atoms with Crippen molar-refractivity contribution in [1.82, 2.24) is 0 Å². The minimum absolute atomic E-state index is 0.0495. The van der Waals surface area contributed by atoms with Gasteiger partial charge >= 0.3 is 17.8 Å². The number of hydrogen-bond donors (Lipinski definition) is 1. The highest BCUT2D eigenvalue weighted by atomic mass is 19.3. The summed E-state index contributed by atoms with van der Waals surface area (Å²) < 4.78 is 55.1. The van der Waals surface area contributed by atoms with Gasteiger partial charge in [-0.3, -0.25) is 0 Å². The van der Waals surface area contributed by atoms with E-state index in [9.17, 15) is 22.4 Å². The van der Waals surface area contributed by atoms with Crippen LogP contribution in [0.4, 0.5) is 17.6 Å². The number of ether oxygens (including phenoxy) is 1. The van der Waals surface area contributed by atoms with Gasteiger partial charge < -0.3 is 9.84 Å². The highest BCUT2D eigenvalue weighted by Gasteiger charge is 2.51. The highest BCUT2D eigenvalue weighted by molar-refractivity contribution is 5.89. The Morgan fingerprint density at radius 1 is 1.32 bits per heavy atom. The Bertz CT molecular complexity index is 455. The van der Waals surface area contributed by atoms with Gasteiger partial charge in [0.05, 0.1) is 18.6 Å². The topological polar surface area (TPSA) is 46.5 Å². The Balaban J connectivity index is 2.53. The van der Waals surface area contributed by atoms with E-state index in [0.29, 0.717) is 0 Å². The molecule has 0 atom stereocenters. The molecule has 0 radical (unpaired) electrons. The third-order valence-corrected chi connectivity index (χ3v) is 2.37. The normalized spacial score (nSPS) is 12.3. The number of carbonyl (C=O) groups excluding carboxylic acids is 1. The summed E-state index contributed by atoms with van der Waals surface area (Å²) in [6.07, 6.45) is -1.28. The zero-order valence-corrected chi connectivity index (χ0v) is 10.00. The molecule has 7 heteroatoms. The maximum atomic E-state index is 12.9. The zero-order valence-electron chi connectivity index (χ0n) is 10.00. The van der Waals surface area contributed by atoms with Crippen LogP contribution in [0, 0.1) is 0 Å². The molecule has 0 amide bonds. The van der Waals surface area contributed by atoms with Crippen molar-refractivity contribution in [1.29, 1.82) is 0 Å². The molecule has 0 aromatic heterocycles. The molecule has 0 saturated carbocycles. The molecule has 1 aromatic carbocycles. The van der Waals surface area contributed by atoms with Gasteiger partial charge in [0.2, 0.25) is 0 Å². The monoisotopic (exact) mass is 280 g/mol. The molecular formula is C12H12F4O3. The fourth-order valence-electron chi connectivity index (χ4n) is 1.21. The fraction of sp³-hybridized carbons (Fsp3) is 0.417. The first-order chi connectivity index (χ1) is 8.63. The number of hydrogen-bond acceptors (Lipinski definition) is 3. The van der Waals surface area contributed by atoms with Crippen molar-refractivity contribution in [3.8, 4) is 5.75 Å². The SMILES string of the molecule is CC(F)(F)C(F)(F)CCOC(=O)c1cccc(O)c1. The number of rotatable bonds is 5. The van der Waals surface area contributed by atoms with Gasteiger partial charge in [-0.05, 0) is 18.2 Å². The molecule has 0 aliphatic carbocycles. The second kappa shape index (κ2) is 5.46. The number of alkyl halides is 4. The number of benzene rings is 1. The molecule has 0 aliphatic rings. The average Bonchev–Trinajstić information content (AvgIpc) is 2.27. The van der Waals surface area contributed by atoms with E-state index in [1.807, 2.05) is 0 Å². The highest BCUT2D eigenvalue weighted by Crippen LogP contribution is 2.36. The van der Waals surface area contributed by atoms with Crippen molar-refractivity contribution in [2.24, 2.45) is 0 Å². The van der Waals surface area contributed by atoms with E-state index in [4.69, 9.17) is 5.11 Å². The number of aromatic hydroxyl groups is 1. The third kappa shape index (κ3) is 4.11. The van der Waals surface area contributed by atoms with Crippen LogP contribution in [0.25, 0.3) is 0 Å². The fourth-order valence-corrected chi connectivity index (χ4v) is 1.21. The maximum absolute atomic E-state index is 12.9. The van der Waals surface area contributed by atoms with Crippen molar-refractivity contribution < 1.29 is 32.2 Å². The molecule has 0 spiro atoms. The largest absolute Gasteiger partial charge is 0.508 e. The van der Waals surface area contributed by atoms with E-state index >= 15 is 0 Å². The first kappa shape index (κ1) is 15.3. The quantitative estimate of drug-likeness (QED) is 0.665. The van der Waals surface area contributed by atoms with Gasteiger partial charge in [0.1, 0.15) is 5.75 Å². The number of phenolic OH excluding ortho intramolecular Hbond substituents is 1. The summed E-state index contributed by atoms with van der Waals surface area (Å²) in [6, 6.07) is 5.05. The van der Waals surface area contributed by atoms with Crippen molar-refractivity contribution >= 4 is 5.97 Å². The molecule has 1 N–H and O–H groups in total. The number of halogens is 4. The summed E-state index contributed by atoms with van der Waals surface area (Å²) in [6.45, 7) is -0.741. The molecule has 106 valence electrons.